The fourth-order valence-electron chi connectivity index (χ4n) is 16.7. The van der Waals surface area contributed by atoms with E-state index in [1.165, 1.54) is 25.5 Å². The van der Waals surface area contributed by atoms with E-state index >= 15 is 0 Å². The first-order chi connectivity index (χ1) is 57.6. The van der Waals surface area contributed by atoms with Gasteiger partial charge in [-0.05, 0) is 116 Å². The van der Waals surface area contributed by atoms with Crippen LogP contribution in [0.4, 0.5) is 11.6 Å². The van der Waals surface area contributed by atoms with E-state index in [9.17, 15) is 33.9 Å². The van der Waals surface area contributed by atoms with Crippen LogP contribution in [0.25, 0.3) is 11.6 Å². The SMILES string of the molecule is COC(=O)C[C@@]1(NC(=O)CC#N)CCOc2cc(Br)ccc21.Cc1ccc(-n2nc3c(c2N)C(=O)N[C@@]2(CCOc4cc(Br)ccc42)C3)nc1.Cc1ccc(-n2nc3c(c2N)C(=O)N[C@@]2(CCOc4cc(C5CC5)ccc42)C3)nc1.N#CC1=C(Cl)C[C@]2(CCOc3cc(Br)ccc32)NC1=O.N#CC1=C(O)C[C@]2(CCOc3cc(Br)ccc32)NC1=O. The Labute approximate surface area is 727 Å². The van der Waals surface area contributed by atoms with Crippen LogP contribution in [0, 0.1) is 47.8 Å². The lowest BCUT2D eigenvalue weighted by Gasteiger charge is -2.41. The third-order valence-electron chi connectivity index (χ3n) is 22.8. The number of nitrogens with two attached hydrogens (primary N) is 2. The second kappa shape index (κ2) is 33.8. The molecule has 9 aliphatic heterocycles. The Bertz CT molecular complexity index is 5800. The number of carbonyl (C=O) groups excluding carboxylic acids is 6. The van der Waals surface area contributed by atoms with E-state index in [2.05, 4.69) is 124 Å². The number of aliphatic hydroxyl groups is 1. The number of pyridine rings is 2. The number of rotatable bonds is 7. The van der Waals surface area contributed by atoms with Crippen molar-refractivity contribution in [2.24, 2.45) is 0 Å². The van der Waals surface area contributed by atoms with Gasteiger partial charge in [-0.3, -0.25) is 28.8 Å². The molecule has 4 spiro atoms. The highest BCUT2D eigenvalue weighted by Gasteiger charge is 2.51. The summed E-state index contributed by atoms with van der Waals surface area (Å²) < 4.78 is 40.1. The molecular weight excluding hydrogens is 1820 g/mol. The Balaban J connectivity index is 0.000000118. The number of anilines is 2. The number of amides is 5. The first-order valence-corrected chi connectivity index (χ1v) is 41.9. The highest BCUT2D eigenvalue weighted by atomic mass is 79.9. The van der Waals surface area contributed by atoms with Crippen molar-refractivity contribution < 1.29 is 62.3 Å². The van der Waals surface area contributed by atoms with Crippen LogP contribution in [0.1, 0.15) is 153 Å². The third kappa shape index (κ3) is 16.3. The van der Waals surface area contributed by atoms with Crippen molar-refractivity contribution in [2.75, 3.05) is 51.6 Å². The molecule has 5 aromatic carbocycles. The molecule has 10 aliphatic rings. The number of hydrogen-bond acceptors (Lipinski definition) is 22. The molecule has 4 aromatic heterocycles. The molecule has 0 saturated heterocycles. The predicted molar refractivity (Wildman–Crippen MR) is 452 cm³/mol. The Hall–Kier alpha value is -11.8. The third-order valence-corrected chi connectivity index (χ3v) is 25.1. The highest BCUT2D eigenvalue weighted by molar-refractivity contribution is 9.11. The number of halogens is 5. The fourth-order valence-corrected chi connectivity index (χ4v) is 18.4. The van der Waals surface area contributed by atoms with Gasteiger partial charge in [-0.25, -0.2) is 9.97 Å². The van der Waals surface area contributed by atoms with Gasteiger partial charge in [-0.1, -0.05) is 124 Å². The number of aryl methyl sites for hydroxylation is 2. The summed E-state index contributed by atoms with van der Waals surface area (Å²) in [5, 5.41) is 61.3. The zero-order valence-electron chi connectivity index (χ0n) is 64.8. The monoisotopic (exact) mass is 1890 g/mol. The van der Waals surface area contributed by atoms with E-state index in [-0.39, 0.29) is 48.0 Å². The fraction of sp³-hybridized carbons (Fsp3) is 0.314. The van der Waals surface area contributed by atoms with Gasteiger partial charge in [0.25, 0.3) is 23.6 Å². The first kappa shape index (κ1) is 83.3. The van der Waals surface area contributed by atoms with Crippen LogP contribution in [-0.4, -0.2) is 110 Å². The Kier molecular flexibility index (Phi) is 23.4. The first-order valence-electron chi connectivity index (χ1n) is 38.4. The zero-order valence-corrected chi connectivity index (χ0v) is 71.9. The van der Waals surface area contributed by atoms with Gasteiger partial charge in [-0.2, -0.15) is 35.3 Å². The van der Waals surface area contributed by atoms with Crippen LogP contribution in [0.2, 0.25) is 0 Å². The van der Waals surface area contributed by atoms with Gasteiger partial charge in [0.1, 0.15) is 81.4 Å². The van der Waals surface area contributed by atoms with Crippen molar-refractivity contribution in [1.82, 2.24) is 56.1 Å². The molecule has 0 radical (unpaired) electrons. The van der Waals surface area contributed by atoms with E-state index in [1.807, 2.05) is 111 Å². The standard InChI is InChI=1S/C23H23N5O2.C20H18BrN5O2.C15H15BrN2O4.C14H10BrClN2O2.C14H11BrN2O3/c1-13-2-7-19(25-12-13)28-21(24)20-17(27-28)11-23(26-22(20)29)8-9-30-18-10-15(14-3-4-14)5-6-16(18)23;1-11-2-5-16(23-10-11)26-18(22)17-14(25-26)9-20(24-19(17)27)6-7-28-15-8-12(21)3-4-13(15)20;1-21-14(20)9-15(18-13(19)4-6-17)5-7-22-12-8-10(16)2-3-11(12)15;15-8-1-2-10-12(5-8)20-4-3-14(10)6-11(16)9(7-17)13(19)18-14;15-8-1-2-10-12(5-8)20-4-3-14(10)6-11(18)9(7-16)13(19)17-14/h2,5-7,10,12,14H,3-4,8-9,11,24H2,1H3,(H,26,29);2-5,8,10H,6-7,9,22H2,1H3,(H,24,27);2-3,8H,4-5,7,9H2,1H3,(H,18,19);1-2,5H,3-4,6H2,(H,18,19);1-2,5,18H,3-4,6H2,(H,17,19)/t23-;20-;15-;2*14-/m00000/s1. The number of nitrogens with zero attached hydrogens (tertiary/aromatic N) is 9. The molecule has 1 fully saturated rings. The molecule has 34 heteroatoms. The van der Waals surface area contributed by atoms with Gasteiger partial charge in [-0.15, -0.1) is 0 Å². The molecule has 10 N–H and O–H groups in total. The molecule has 9 aromatic rings. The number of nitrogen functional groups attached to an aromatic ring is 2. The Morgan fingerprint density at radius 1 is 0.550 bits per heavy atom. The molecule has 19 rings (SSSR count). The number of ether oxygens (including phenoxy) is 6. The molecule has 0 bridgehead atoms. The lowest BCUT2D eigenvalue weighted by Crippen LogP contribution is -2.53. The summed E-state index contributed by atoms with van der Waals surface area (Å²) in [6, 6.07) is 42.0. The topological polar surface area (TPSA) is 423 Å². The summed E-state index contributed by atoms with van der Waals surface area (Å²) in [5.41, 5.74) is 19.2. The smallest absolute Gasteiger partial charge is 0.308 e. The number of aromatic nitrogens is 6. The maximum atomic E-state index is 13.2. The predicted octanol–water partition coefficient (Wildman–Crippen LogP) is 13.1. The molecular formula is C86H77Br4ClN16O13. The zero-order chi connectivity index (χ0) is 84.7. The van der Waals surface area contributed by atoms with Gasteiger partial charge < -0.3 is 71.6 Å². The molecule has 0 unspecified atom stereocenters. The number of benzene rings is 5. The lowest BCUT2D eigenvalue weighted by molar-refractivity contribution is -0.143. The number of hydrogen-bond donors (Lipinski definition) is 8. The van der Waals surface area contributed by atoms with Crippen LogP contribution in [0.15, 0.2) is 167 Å². The average Bonchev–Trinajstić information content (AvgIpc) is 1.48. The van der Waals surface area contributed by atoms with Crippen molar-refractivity contribution in [2.45, 2.75) is 131 Å². The molecule has 1 saturated carbocycles. The summed E-state index contributed by atoms with van der Waals surface area (Å²) in [5.74, 6) is 3.77. The molecule has 29 nitrogen and oxygen atoms in total. The van der Waals surface area contributed by atoms with Crippen LogP contribution in [0.5, 0.6) is 28.7 Å². The van der Waals surface area contributed by atoms with Gasteiger partial charge in [0.05, 0.1) is 91.7 Å². The van der Waals surface area contributed by atoms with E-state index in [0.717, 1.165) is 68.5 Å². The molecule has 120 heavy (non-hydrogen) atoms. The maximum absolute atomic E-state index is 13.2. The van der Waals surface area contributed by atoms with E-state index in [0.29, 0.717) is 158 Å². The molecule has 5 atom stereocenters. The van der Waals surface area contributed by atoms with Gasteiger partial charge in [0.15, 0.2) is 17.2 Å². The lowest BCUT2D eigenvalue weighted by atomic mass is 9.77. The maximum Gasteiger partial charge on any atom is 0.308 e. The summed E-state index contributed by atoms with van der Waals surface area (Å²) in [6.07, 6.45) is 10.5. The number of nitrogens with one attached hydrogen (secondary N) is 5. The minimum Gasteiger partial charge on any atom is -0.511 e. The number of methoxy groups -OCH3 is 1. The minimum absolute atomic E-state index is 0.00226. The number of fused-ring (bicyclic) bond motifs is 11. The van der Waals surface area contributed by atoms with Crippen LogP contribution >= 0.6 is 75.3 Å². The van der Waals surface area contributed by atoms with Gasteiger partial charge in [0, 0.05) is 121 Å². The molecule has 1 aliphatic carbocycles. The second-order valence-corrected chi connectivity index (χ2v) is 34.7. The van der Waals surface area contributed by atoms with E-state index in [4.69, 9.17) is 72.4 Å². The number of carbonyl (C=O) groups is 6. The van der Waals surface area contributed by atoms with Gasteiger partial charge >= 0.3 is 5.97 Å². The van der Waals surface area contributed by atoms with Crippen LogP contribution in [-0.2, 0) is 64.5 Å². The van der Waals surface area contributed by atoms with Crippen molar-refractivity contribution >= 4 is 122 Å². The average molecular weight is 1900 g/mol. The Morgan fingerprint density at radius 2 is 0.942 bits per heavy atom. The van der Waals surface area contributed by atoms with Crippen molar-refractivity contribution in [3.05, 3.63) is 235 Å². The molecule has 13 heterocycles. The molecule has 5 amide bonds. The summed E-state index contributed by atoms with van der Waals surface area (Å²) >= 11 is 19.8. The van der Waals surface area contributed by atoms with E-state index < -0.39 is 51.4 Å². The minimum atomic E-state index is -0.921. The summed E-state index contributed by atoms with van der Waals surface area (Å²) in [4.78, 5) is 82.8. The summed E-state index contributed by atoms with van der Waals surface area (Å²) in [7, 11) is 1.30. The van der Waals surface area contributed by atoms with Gasteiger partial charge in [0.2, 0.25) is 5.91 Å². The van der Waals surface area contributed by atoms with Crippen molar-refractivity contribution in [3.63, 3.8) is 0 Å². The Morgan fingerprint density at radius 3 is 1.34 bits per heavy atom. The van der Waals surface area contributed by atoms with Crippen LogP contribution < -0.4 is 61.7 Å². The number of nitriles is 3. The van der Waals surface area contributed by atoms with Crippen molar-refractivity contribution in [3.8, 4) is 58.6 Å². The number of aliphatic hydroxyl groups excluding tert-OH is 1. The summed E-state index contributed by atoms with van der Waals surface area (Å²) in [6.45, 7) is 6.32. The van der Waals surface area contributed by atoms with Crippen molar-refractivity contribution in [1.29, 1.82) is 15.8 Å². The highest BCUT2D eigenvalue weighted by Crippen LogP contribution is 2.51. The van der Waals surface area contributed by atoms with Crippen LogP contribution in [0.3, 0.4) is 0 Å². The second-order valence-electron chi connectivity index (χ2n) is 30.6. The van der Waals surface area contributed by atoms with E-state index in [1.54, 1.807) is 40.0 Å². The number of esters is 1. The normalized spacial score (nSPS) is 22.1. The largest absolute Gasteiger partial charge is 0.511 e. The molecule has 614 valence electrons. The quantitative estimate of drug-likeness (QED) is 0.0687.